The van der Waals surface area contributed by atoms with Gasteiger partial charge in [-0.3, -0.25) is 0 Å². The highest BCUT2D eigenvalue weighted by atomic mass is 16.5. The van der Waals surface area contributed by atoms with E-state index in [1.54, 1.807) is 14.2 Å². The van der Waals surface area contributed by atoms with Crippen LogP contribution in [0.15, 0.2) is 18.2 Å². The maximum Gasteiger partial charge on any atom is 0.127 e. The molecule has 4 nitrogen and oxygen atoms in total. The number of hydrogen-bond donors (Lipinski definition) is 1. The summed E-state index contributed by atoms with van der Waals surface area (Å²) in [5.74, 6) is 2.00. The normalized spacial score (nSPS) is 14.2. The van der Waals surface area contributed by atoms with Crippen LogP contribution < -0.4 is 14.8 Å². The fourth-order valence-electron chi connectivity index (χ4n) is 2.53. The van der Waals surface area contributed by atoms with E-state index >= 15 is 0 Å². The van der Waals surface area contributed by atoms with Gasteiger partial charge in [-0.25, -0.2) is 0 Å². The number of hydrogen-bond acceptors (Lipinski definition) is 4. The molecule has 0 aliphatic carbocycles. The van der Waals surface area contributed by atoms with Crippen molar-refractivity contribution in [1.29, 1.82) is 0 Å². The first kappa shape index (κ1) is 16.8. The van der Waals surface area contributed by atoms with Crippen molar-refractivity contribution in [2.75, 3.05) is 27.9 Å². The molecule has 0 aliphatic heterocycles. The Kier molecular flexibility index (Phi) is 6.82. The summed E-state index contributed by atoms with van der Waals surface area (Å²) in [6.45, 7) is 7.01. The average molecular weight is 281 g/mol. The van der Waals surface area contributed by atoms with Gasteiger partial charge in [-0.15, -0.1) is 0 Å². The van der Waals surface area contributed by atoms with E-state index in [1.165, 1.54) is 0 Å². The Morgan fingerprint density at radius 2 is 1.65 bits per heavy atom. The highest BCUT2D eigenvalue weighted by Gasteiger charge is 2.30. The lowest BCUT2D eigenvalue weighted by atomic mass is 9.92. The molecule has 0 saturated heterocycles. The number of methoxy groups -OCH3 is 2. The van der Waals surface area contributed by atoms with Crippen LogP contribution in [0.2, 0.25) is 0 Å². The van der Waals surface area contributed by atoms with E-state index in [-0.39, 0.29) is 12.1 Å². The van der Waals surface area contributed by atoms with Gasteiger partial charge < -0.3 is 19.5 Å². The van der Waals surface area contributed by atoms with Crippen LogP contribution in [0, 0.1) is 5.92 Å². The second kappa shape index (κ2) is 8.12. The van der Waals surface area contributed by atoms with Crippen LogP contribution in [0.5, 0.6) is 11.5 Å². The van der Waals surface area contributed by atoms with Gasteiger partial charge in [0.25, 0.3) is 0 Å². The Morgan fingerprint density at radius 3 is 2.00 bits per heavy atom. The molecule has 0 heterocycles. The average Bonchev–Trinajstić information content (AvgIpc) is 2.46. The molecule has 2 atom stereocenters. The number of nitrogens with one attached hydrogen (secondary N) is 1. The smallest absolute Gasteiger partial charge is 0.127 e. The lowest BCUT2D eigenvalue weighted by Crippen LogP contribution is -2.36. The summed E-state index contributed by atoms with van der Waals surface area (Å²) >= 11 is 0. The van der Waals surface area contributed by atoms with Gasteiger partial charge in [0, 0.05) is 6.61 Å². The predicted octanol–water partition coefficient (Wildman–Crippen LogP) is 3.03. The molecule has 0 amide bonds. The van der Waals surface area contributed by atoms with Crippen LogP contribution >= 0.6 is 0 Å². The van der Waals surface area contributed by atoms with Gasteiger partial charge >= 0.3 is 0 Å². The van der Waals surface area contributed by atoms with Gasteiger partial charge in [0.1, 0.15) is 11.5 Å². The molecule has 0 fully saturated rings. The van der Waals surface area contributed by atoms with Crippen LogP contribution in [0.25, 0.3) is 0 Å². The molecule has 0 radical (unpaired) electrons. The van der Waals surface area contributed by atoms with E-state index < -0.39 is 0 Å². The molecule has 20 heavy (non-hydrogen) atoms. The maximum atomic E-state index is 5.94. The molecular weight excluding hydrogens is 254 g/mol. The van der Waals surface area contributed by atoms with Crippen molar-refractivity contribution in [2.24, 2.45) is 5.92 Å². The topological polar surface area (TPSA) is 39.7 Å². The van der Waals surface area contributed by atoms with Gasteiger partial charge in [0.05, 0.1) is 31.9 Å². The van der Waals surface area contributed by atoms with Crippen molar-refractivity contribution in [3.8, 4) is 11.5 Å². The lowest BCUT2D eigenvalue weighted by Gasteiger charge is -2.31. The second-order valence-corrected chi connectivity index (χ2v) is 5.01. The first-order chi connectivity index (χ1) is 9.60. The van der Waals surface area contributed by atoms with Crippen molar-refractivity contribution in [3.05, 3.63) is 23.8 Å². The molecule has 4 heteroatoms. The highest BCUT2D eigenvalue weighted by Crippen LogP contribution is 2.37. The van der Waals surface area contributed by atoms with Crippen LogP contribution in [0.1, 0.15) is 32.4 Å². The predicted molar refractivity (Wildman–Crippen MR) is 81.6 cm³/mol. The van der Waals surface area contributed by atoms with Crippen LogP contribution in [0.3, 0.4) is 0 Å². The lowest BCUT2D eigenvalue weighted by molar-refractivity contribution is 0.00357. The van der Waals surface area contributed by atoms with Crippen molar-refractivity contribution in [2.45, 2.75) is 32.9 Å². The van der Waals surface area contributed by atoms with Crippen molar-refractivity contribution in [3.63, 3.8) is 0 Å². The largest absolute Gasteiger partial charge is 0.496 e. The third-order valence-electron chi connectivity index (χ3n) is 3.43. The van der Waals surface area contributed by atoms with Crippen molar-refractivity contribution in [1.82, 2.24) is 5.32 Å². The molecule has 114 valence electrons. The van der Waals surface area contributed by atoms with Crippen molar-refractivity contribution >= 4 is 0 Å². The highest BCUT2D eigenvalue weighted by molar-refractivity contribution is 5.47. The molecule has 1 N–H and O–H groups in total. The van der Waals surface area contributed by atoms with Crippen molar-refractivity contribution < 1.29 is 14.2 Å². The van der Waals surface area contributed by atoms with E-state index in [0.29, 0.717) is 12.5 Å². The second-order valence-electron chi connectivity index (χ2n) is 5.01. The Balaban J connectivity index is 3.28. The molecule has 1 aromatic rings. The Hall–Kier alpha value is -1.26. The zero-order chi connectivity index (χ0) is 15.1. The van der Waals surface area contributed by atoms with E-state index in [9.17, 15) is 0 Å². The molecular formula is C16H27NO3. The van der Waals surface area contributed by atoms with Gasteiger partial charge in [-0.1, -0.05) is 19.9 Å². The molecule has 0 bridgehead atoms. The summed E-state index contributed by atoms with van der Waals surface area (Å²) in [5.41, 5.74) is 1.01. The minimum absolute atomic E-state index is 0.0149. The maximum absolute atomic E-state index is 5.94. The first-order valence-electron chi connectivity index (χ1n) is 7.10. The summed E-state index contributed by atoms with van der Waals surface area (Å²) < 4.78 is 16.9. The van der Waals surface area contributed by atoms with E-state index in [4.69, 9.17) is 14.2 Å². The number of ether oxygens (including phenoxy) is 3. The Labute approximate surface area is 122 Å². The molecule has 2 unspecified atom stereocenters. The summed E-state index contributed by atoms with van der Waals surface area (Å²) in [4.78, 5) is 0. The molecule has 1 rings (SSSR count). The first-order valence-corrected chi connectivity index (χ1v) is 7.10. The van der Waals surface area contributed by atoms with E-state index in [2.05, 4.69) is 19.2 Å². The van der Waals surface area contributed by atoms with Gasteiger partial charge in [0.15, 0.2) is 0 Å². The Bertz CT molecular complexity index is 384. The van der Waals surface area contributed by atoms with Crippen LogP contribution in [-0.2, 0) is 4.74 Å². The number of benzene rings is 1. The van der Waals surface area contributed by atoms with E-state index in [0.717, 1.165) is 17.1 Å². The molecule has 1 aromatic carbocycles. The zero-order valence-corrected chi connectivity index (χ0v) is 13.4. The fraction of sp³-hybridized carbons (Fsp3) is 0.625. The summed E-state index contributed by atoms with van der Waals surface area (Å²) in [6.07, 6.45) is 0.0511. The van der Waals surface area contributed by atoms with Gasteiger partial charge in [-0.05, 0) is 32.0 Å². The monoisotopic (exact) mass is 281 g/mol. The standard InChI is InChI=1S/C16H27NO3/c1-7-20-16(11(2)3)15(17-4)14-12(18-5)9-8-10-13(14)19-6/h8-11,15-17H,7H2,1-6H3. The summed E-state index contributed by atoms with van der Waals surface area (Å²) in [7, 11) is 5.29. The molecule has 0 aliphatic rings. The molecule has 0 saturated carbocycles. The SMILES string of the molecule is CCOC(C(C)C)C(NC)c1c(OC)cccc1OC. The van der Waals surface area contributed by atoms with E-state index in [1.807, 2.05) is 32.2 Å². The minimum atomic E-state index is 0.0149. The Morgan fingerprint density at radius 1 is 1.10 bits per heavy atom. The molecule has 0 aromatic heterocycles. The summed E-state index contributed by atoms with van der Waals surface area (Å²) in [5, 5.41) is 3.35. The minimum Gasteiger partial charge on any atom is -0.496 e. The van der Waals surface area contributed by atoms with Crippen LogP contribution in [0.4, 0.5) is 0 Å². The fourth-order valence-corrected chi connectivity index (χ4v) is 2.53. The van der Waals surface area contributed by atoms with Gasteiger partial charge in [-0.2, -0.15) is 0 Å². The third-order valence-corrected chi connectivity index (χ3v) is 3.43. The van der Waals surface area contributed by atoms with Crippen LogP contribution in [-0.4, -0.2) is 34.0 Å². The number of rotatable bonds is 8. The summed E-state index contributed by atoms with van der Waals surface area (Å²) in [6, 6.07) is 5.84. The zero-order valence-electron chi connectivity index (χ0n) is 13.4. The third kappa shape index (κ3) is 3.64. The molecule has 0 spiro atoms. The number of likely N-dealkylation sites (N-methyl/N-ethyl adjacent to an activating group) is 1. The quantitative estimate of drug-likeness (QED) is 0.795. The van der Waals surface area contributed by atoms with Gasteiger partial charge in [0.2, 0.25) is 0 Å².